The normalized spacial score (nSPS) is 34.2. The molecule has 0 aromatic carbocycles. The second-order valence-corrected chi connectivity index (χ2v) is 2.23. The van der Waals surface area contributed by atoms with Crippen molar-refractivity contribution in [3.63, 3.8) is 0 Å². The molecule has 1 fully saturated rings. The van der Waals surface area contributed by atoms with Gasteiger partial charge in [0.1, 0.15) is 12.6 Å². The van der Waals surface area contributed by atoms with Gasteiger partial charge in [-0.3, -0.25) is 5.32 Å². The van der Waals surface area contributed by atoms with E-state index >= 15 is 0 Å². The maximum Gasteiger partial charge on any atom is 0.136 e. The minimum absolute atomic E-state index is 0.0831. The van der Waals surface area contributed by atoms with Crippen LogP contribution in [-0.4, -0.2) is 24.7 Å². The summed E-state index contributed by atoms with van der Waals surface area (Å²) in [7, 11) is 0. The molecule has 1 heterocycles. The lowest BCUT2D eigenvalue weighted by atomic mass is 10.2. The first-order valence-corrected chi connectivity index (χ1v) is 3.03. The third-order valence-electron chi connectivity index (χ3n) is 1.55. The van der Waals surface area contributed by atoms with E-state index in [9.17, 15) is 9.59 Å². The monoisotopic (exact) mass is 127 g/mol. The molecule has 50 valence electrons. The fourth-order valence-electron chi connectivity index (χ4n) is 1.02. The van der Waals surface area contributed by atoms with Gasteiger partial charge in [-0.05, 0) is 12.8 Å². The van der Waals surface area contributed by atoms with Gasteiger partial charge in [-0.15, -0.1) is 0 Å². The summed E-state index contributed by atoms with van der Waals surface area (Å²) in [6.45, 7) is 0. The summed E-state index contributed by atoms with van der Waals surface area (Å²) in [6.07, 6.45) is 3.30. The summed E-state index contributed by atoms with van der Waals surface area (Å²) < 4.78 is 0. The zero-order chi connectivity index (χ0) is 6.69. The molecule has 1 N–H and O–H groups in total. The Morgan fingerprint density at radius 2 is 1.56 bits per heavy atom. The SMILES string of the molecule is O=CC1CCC(C=O)N1. The van der Waals surface area contributed by atoms with Gasteiger partial charge < -0.3 is 9.59 Å². The highest BCUT2D eigenvalue weighted by Crippen LogP contribution is 2.07. The number of hydrogen-bond acceptors (Lipinski definition) is 3. The number of carbonyl (C=O) groups is 2. The van der Waals surface area contributed by atoms with Crippen molar-refractivity contribution in [3.8, 4) is 0 Å². The van der Waals surface area contributed by atoms with E-state index in [2.05, 4.69) is 5.32 Å². The third-order valence-corrected chi connectivity index (χ3v) is 1.55. The lowest BCUT2D eigenvalue weighted by Crippen LogP contribution is -2.30. The predicted octanol–water partition coefficient (Wildman–Crippen LogP) is -0.495. The fraction of sp³-hybridized carbons (Fsp3) is 0.667. The average molecular weight is 127 g/mol. The average Bonchev–Trinajstić information content (AvgIpc) is 2.34. The Hall–Kier alpha value is -0.700. The molecule has 0 aliphatic carbocycles. The first-order valence-electron chi connectivity index (χ1n) is 3.03. The van der Waals surface area contributed by atoms with Crippen LogP contribution in [0.15, 0.2) is 0 Å². The zero-order valence-electron chi connectivity index (χ0n) is 5.04. The van der Waals surface area contributed by atoms with E-state index in [0.29, 0.717) is 0 Å². The lowest BCUT2D eigenvalue weighted by Gasteiger charge is -1.99. The minimum Gasteiger partial charge on any atom is -0.302 e. The van der Waals surface area contributed by atoms with E-state index in [4.69, 9.17) is 0 Å². The van der Waals surface area contributed by atoms with Gasteiger partial charge in [-0.25, -0.2) is 0 Å². The minimum atomic E-state index is -0.0831. The zero-order valence-corrected chi connectivity index (χ0v) is 5.04. The van der Waals surface area contributed by atoms with Crippen molar-refractivity contribution in [1.82, 2.24) is 5.32 Å². The highest BCUT2D eigenvalue weighted by molar-refractivity contribution is 5.64. The molecule has 1 rings (SSSR count). The molecule has 0 radical (unpaired) electrons. The molecule has 0 aromatic heterocycles. The highest BCUT2D eigenvalue weighted by atomic mass is 16.1. The van der Waals surface area contributed by atoms with Crippen molar-refractivity contribution in [3.05, 3.63) is 0 Å². The van der Waals surface area contributed by atoms with Crippen LogP contribution in [0.3, 0.4) is 0 Å². The smallest absolute Gasteiger partial charge is 0.136 e. The Morgan fingerprint density at radius 1 is 1.11 bits per heavy atom. The number of nitrogens with one attached hydrogen (secondary N) is 1. The molecule has 0 amide bonds. The Kier molecular flexibility index (Phi) is 1.95. The maximum absolute atomic E-state index is 10.1. The van der Waals surface area contributed by atoms with Gasteiger partial charge in [0.25, 0.3) is 0 Å². The van der Waals surface area contributed by atoms with E-state index in [1.165, 1.54) is 0 Å². The number of carbonyl (C=O) groups excluding carboxylic acids is 2. The van der Waals surface area contributed by atoms with Crippen LogP contribution in [0.25, 0.3) is 0 Å². The van der Waals surface area contributed by atoms with E-state index < -0.39 is 0 Å². The summed E-state index contributed by atoms with van der Waals surface area (Å²) in [4.78, 5) is 20.2. The topological polar surface area (TPSA) is 46.2 Å². The molecule has 1 saturated heterocycles. The second-order valence-electron chi connectivity index (χ2n) is 2.23. The largest absolute Gasteiger partial charge is 0.302 e. The molecule has 0 aromatic rings. The first kappa shape index (κ1) is 6.42. The molecule has 3 nitrogen and oxygen atoms in total. The number of aldehydes is 2. The van der Waals surface area contributed by atoms with Gasteiger partial charge in [0.2, 0.25) is 0 Å². The van der Waals surface area contributed by atoms with Gasteiger partial charge in [-0.2, -0.15) is 0 Å². The van der Waals surface area contributed by atoms with Crippen molar-refractivity contribution in [1.29, 1.82) is 0 Å². The van der Waals surface area contributed by atoms with Gasteiger partial charge >= 0.3 is 0 Å². The van der Waals surface area contributed by atoms with Crippen LogP contribution in [0.1, 0.15) is 12.8 Å². The lowest BCUT2D eigenvalue weighted by molar-refractivity contribution is -0.110. The third kappa shape index (κ3) is 1.36. The summed E-state index contributed by atoms with van der Waals surface area (Å²) in [5.41, 5.74) is 0. The molecular weight excluding hydrogens is 118 g/mol. The quantitative estimate of drug-likeness (QED) is 0.509. The molecule has 1 aliphatic heterocycles. The van der Waals surface area contributed by atoms with E-state index in [1.807, 2.05) is 0 Å². The summed E-state index contributed by atoms with van der Waals surface area (Å²) in [5.74, 6) is 0. The molecule has 2 atom stereocenters. The Bertz CT molecular complexity index is 110. The van der Waals surface area contributed by atoms with Crippen LogP contribution in [0.2, 0.25) is 0 Å². The number of hydrogen-bond donors (Lipinski definition) is 1. The van der Waals surface area contributed by atoms with E-state index in [0.717, 1.165) is 25.4 Å². The first-order chi connectivity index (χ1) is 4.36. The van der Waals surface area contributed by atoms with Gasteiger partial charge in [0, 0.05) is 0 Å². The van der Waals surface area contributed by atoms with Crippen LogP contribution < -0.4 is 5.32 Å². The predicted molar refractivity (Wildman–Crippen MR) is 32.1 cm³/mol. The maximum atomic E-state index is 10.1. The Balaban J connectivity index is 2.36. The summed E-state index contributed by atoms with van der Waals surface area (Å²) >= 11 is 0. The molecular formula is C6H9NO2. The van der Waals surface area contributed by atoms with E-state index in [-0.39, 0.29) is 12.1 Å². The molecule has 0 spiro atoms. The molecule has 1 aliphatic rings. The second kappa shape index (κ2) is 2.73. The highest BCUT2D eigenvalue weighted by Gasteiger charge is 2.21. The Labute approximate surface area is 53.4 Å². The van der Waals surface area contributed by atoms with Crippen LogP contribution in [0, 0.1) is 0 Å². The van der Waals surface area contributed by atoms with Crippen molar-refractivity contribution in [2.45, 2.75) is 24.9 Å². The standard InChI is InChI=1S/C6H9NO2/c8-3-5-1-2-6(4-9)7-5/h3-7H,1-2H2. The van der Waals surface area contributed by atoms with Gasteiger partial charge in [0.05, 0.1) is 12.1 Å². The van der Waals surface area contributed by atoms with Crippen molar-refractivity contribution in [2.24, 2.45) is 0 Å². The Morgan fingerprint density at radius 3 is 1.78 bits per heavy atom. The van der Waals surface area contributed by atoms with Crippen LogP contribution in [-0.2, 0) is 9.59 Å². The molecule has 2 unspecified atom stereocenters. The molecule has 9 heavy (non-hydrogen) atoms. The molecule has 0 bridgehead atoms. The van der Waals surface area contributed by atoms with Gasteiger partial charge in [-0.1, -0.05) is 0 Å². The molecule has 0 saturated carbocycles. The molecule has 3 heteroatoms. The van der Waals surface area contributed by atoms with Crippen LogP contribution in [0.5, 0.6) is 0 Å². The van der Waals surface area contributed by atoms with E-state index in [1.54, 1.807) is 0 Å². The van der Waals surface area contributed by atoms with Crippen molar-refractivity contribution >= 4 is 12.6 Å². The van der Waals surface area contributed by atoms with Crippen molar-refractivity contribution in [2.75, 3.05) is 0 Å². The van der Waals surface area contributed by atoms with Crippen LogP contribution in [0.4, 0.5) is 0 Å². The number of rotatable bonds is 2. The summed E-state index contributed by atoms with van der Waals surface area (Å²) in [6, 6.07) is -0.166. The van der Waals surface area contributed by atoms with Crippen LogP contribution >= 0.6 is 0 Å². The van der Waals surface area contributed by atoms with Gasteiger partial charge in [0.15, 0.2) is 0 Å². The fourth-order valence-corrected chi connectivity index (χ4v) is 1.02. The van der Waals surface area contributed by atoms with Crippen molar-refractivity contribution < 1.29 is 9.59 Å². The summed E-state index contributed by atoms with van der Waals surface area (Å²) in [5, 5.41) is 2.85.